The third kappa shape index (κ3) is 5.18. The van der Waals surface area contributed by atoms with Gasteiger partial charge >= 0.3 is 0 Å². The van der Waals surface area contributed by atoms with Crippen LogP contribution in [0.15, 0.2) is 53.7 Å². The Balaban J connectivity index is 1.39. The summed E-state index contributed by atoms with van der Waals surface area (Å²) in [6.07, 6.45) is 3.72. The monoisotopic (exact) mass is 384 g/mol. The van der Waals surface area contributed by atoms with Crippen molar-refractivity contribution in [1.29, 1.82) is 0 Å². The first kappa shape index (κ1) is 19.6. The molecule has 7 nitrogen and oxygen atoms in total. The Hall–Kier alpha value is -3.16. The average Bonchev–Trinajstić information content (AvgIpc) is 3.12. The van der Waals surface area contributed by atoms with Gasteiger partial charge in [0.15, 0.2) is 11.6 Å². The highest BCUT2D eigenvalue weighted by Crippen LogP contribution is 2.10. The molecule has 0 aliphatic heterocycles. The van der Waals surface area contributed by atoms with Gasteiger partial charge in [0.05, 0.1) is 6.54 Å². The molecule has 8 heteroatoms. The van der Waals surface area contributed by atoms with E-state index >= 15 is 0 Å². The molecular weight excluding hydrogens is 359 g/mol. The molecule has 0 unspecified atom stereocenters. The Bertz CT molecular complexity index is 908. The average molecular weight is 384 g/mol. The molecule has 1 N–H and O–H groups in total. The van der Waals surface area contributed by atoms with Crippen molar-refractivity contribution in [3.8, 4) is 5.75 Å². The van der Waals surface area contributed by atoms with E-state index in [2.05, 4.69) is 20.5 Å². The van der Waals surface area contributed by atoms with Gasteiger partial charge in [-0.3, -0.25) is 9.39 Å². The van der Waals surface area contributed by atoms with Crippen LogP contribution in [0.3, 0.4) is 0 Å². The predicted molar refractivity (Wildman–Crippen MR) is 107 cm³/mol. The van der Waals surface area contributed by atoms with Crippen molar-refractivity contribution in [3.63, 3.8) is 0 Å². The van der Waals surface area contributed by atoms with Gasteiger partial charge in [0.1, 0.15) is 24.0 Å². The number of guanidine groups is 1. The molecule has 2 aromatic heterocycles. The summed E-state index contributed by atoms with van der Waals surface area (Å²) >= 11 is 0. The first-order valence-corrected chi connectivity index (χ1v) is 9.26. The normalized spacial score (nSPS) is 11.6. The molecule has 28 heavy (non-hydrogen) atoms. The topological polar surface area (TPSA) is 67.0 Å². The molecule has 0 spiro atoms. The minimum Gasteiger partial charge on any atom is -0.492 e. The quantitative estimate of drug-likeness (QED) is 0.367. The van der Waals surface area contributed by atoms with E-state index in [1.165, 1.54) is 12.1 Å². The van der Waals surface area contributed by atoms with Gasteiger partial charge in [-0.05, 0) is 42.8 Å². The highest BCUT2D eigenvalue weighted by molar-refractivity contribution is 5.79. The van der Waals surface area contributed by atoms with E-state index in [1.807, 2.05) is 40.7 Å². The number of fused-ring (bicyclic) bond motifs is 1. The fourth-order valence-electron chi connectivity index (χ4n) is 2.83. The number of pyridine rings is 1. The van der Waals surface area contributed by atoms with Crippen LogP contribution in [0.4, 0.5) is 4.39 Å². The van der Waals surface area contributed by atoms with Gasteiger partial charge in [-0.25, -0.2) is 4.39 Å². The number of aliphatic imine (C=N–C) groups is 1. The zero-order chi connectivity index (χ0) is 19.8. The van der Waals surface area contributed by atoms with Gasteiger partial charge in [0, 0.05) is 33.3 Å². The molecule has 0 aliphatic rings. The zero-order valence-corrected chi connectivity index (χ0v) is 16.2. The Labute approximate surface area is 163 Å². The first-order chi connectivity index (χ1) is 13.7. The van der Waals surface area contributed by atoms with E-state index in [0.29, 0.717) is 18.9 Å². The highest BCUT2D eigenvalue weighted by atomic mass is 19.1. The van der Waals surface area contributed by atoms with Crippen molar-refractivity contribution in [2.75, 3.05) is 33.8 Å². The number of likely N-dealkylation sites (N-methyl/N-ethyl adjacent to an activating group) is 1. The lowest BCUT2D eigenvalue weighted by molar-refractivity contribution is 0.281. The van der Waals surface area contributed by atoms with Gasteiger partial charge in [-0.2, -0.15) is 0 Å². The van der Waals surface area contributed by atoms with Gasteiger partial charge in [0.25, 0.3) is 0 Å². The number of hydrogen-bond donors (Lipinski definition) is 1. The second kappa shape index (κ2) is 9.68. The number of aromatic nitrogens is 3. The smallest absolute Gasteiger partial charge is 0.193 e. The molecule has 2 heterocycles. The summed E-state index contributed by atoms with van der Waals surface area (Å²) in [6.45, 7) is 1.91. The van der Waals surface area contributed by atoms with E-state index in [1.54, 1.807) is 19.2 Å². The molecule has 0 saturated carbocycles. The maximum absolute atomic E-state index is 12.9. The SMILES string of the molecule is CN=C(NCCCc1nnc2ccccn12)N(C)CCOc1ccc(F)cc1. The zero-order valence-electron chi connectivity index (χ0n) is 16.2. The number of halogens is 1. The largest absolute Gasteiger partial charge is 0.492 e. The Kier molecular flexibility index (Phi) is 6.78. The van der Waals surface area contributed by atoms with Crippen LogP contribution in [0, 0.1) is 5.82 Å². The standard InChI is InChI=1S/C20H25FN6O/c1-22-20(26(2)14-15-28-17-10-8-16(21)9-11-17)23-12-5-7-19-25-24-18-6-3-4-13-27(18)19/h3-4,6,8-11,13H,5,7,12,14-15H2,1-2H3,(H,22,23). The van der Waals surface area contributed by atoms with Crippen LogP contribution in [0.2, 0.25) is 0 Å². The van der Waals surface area contributed by atoms with Crippen LogP contribution < -0.4 is 10.1 Å². The molecule has 0 saturated heterocycles. The lowest BCUT2D eigenvalue weighted by Gasteiger charge is -2.22. The number of nitrogens with one attached hydrogen (secondary N) is 1. The molecule has 148 valence electrons. The molecule has 0 radical (unpaired) electrons. The molecular formula is C20H25FN6O. The number of benzene rings is 1. The summed E-state index contributed by atoms with van der Waals surface area (Å²) < 4.78 is 20.5. The van der Waals surface area contributed by atoms with Crippen LogP contribution >= 0.6 is 0 Å². The third-order valence-electron chi connectivity index (χ3n) is 4.33. The molecule has 0 atom stereocenters. The lowest BCUT2D eigenvalue weighted by Crippen LogP contribution is -2.41. The van der Waals surface area contributed by atoms with E-state index < -0.39 is 0 Å². The summed E-state index contributed by atoms with van der Waals surface area (Å²) in [5.41, 5.74) is 0.863. The summed E-state index contributed by atoms with van der Waals surface area (Å²) in [5, 5.41) is 11.8. The number of rotatable bonds is 8. The number of nitrogens with zero attached hydrogens (tertiary/aromatic N) is 5. The van der Waals surface area contributed by atoms with Gasteiger partial charge in [0.2, 0.25) is 0 Å². The molecule has 0 amide bonds. The third-order valence-corrected chi connectivity index (χ3v) is 4.33. The number of hydrogen-bond acceptors (Lipinski definition) is 4. The second-order valence-electron chi connectivity index (χ2n) is 6.35. The van der Waals surface area contributed by atoms with Crippen molar-refractivity contribution in [2.24, 2.45) is 4.99 Å². The molecule has 0 aliphatic carbocycles. The highest BCUT2D eigenvalue weighted by Gasteiger charge is 2.07. The van der Waals surface area contributed by atoms with Crippen LogP contribution in [0.25, 0.3) is 5.65 Å². The Morgan fingerprint density at radius 3 is 2.82 bits per heavy atom. The summed E-state index contributed by atoms with van der Waals surface area (Å²) in [7, 11) is 3.71. The van der Waals surface area contributed by atoms with Crippen molar-refractivity contribution in [3.05, 3.63) is 60.3 Å². The molecule has 3 rings (SSSR count). The van der Waals surface area contributed by atoms with Gasteiger partial charge in [-0.1, -0.05) is 6.07 Å². The van der Waals surface area contributed by atoms with Crippen molar-refractivity contribution < 1.29 is 9.13 Å². The maximum atomic E-state index is 12.9. The van der Waals surface area contributed by atoms with Gasteiger partial charge < -0.3 is 15.0 Å². The number of aryl methyl sites for hydroxylation is 1. The number of ether oxygens (including phenoxy) is 1. The van der Waals surface area contributed by atoms with Crippen LogP contribution in [0.5, 0.6) is 5.75 Å². The minimum absolute atomic E-state index is 0.270. The fraction of sp³-hybridized carbons (Fsp3) is 0.350. The summed E-state index contributed by atoms with van der Waals surface area (Å²) in [5.74, 6) is 2.13. The minimum atomic E-state index is -0.270. The summed E-state index contributed by atoms with van der Waals surface area (Å²) in [4.78, 5) is 6.30. The lowest BCUT2D eigenvalue weighted by atomic mass is 10.3. The van der Waals surface area contributed by atoms with Crippen LogP contribution in [-0.4, -0.2) is 59.2 Å². The Morgan fingerprint density at radius 2 is 2.04 bits per heavy atom. The van der Waals surface area contributed by atoms with Crippen molar-refractivity contribution in [1.82, 2.24) is 24.8 Å². The van der Waals surface area contributed by atoms with Crippen LogP contribution in [-0.2, 0) is 6.42 Å². The van der Waals surface area contributed by atoms with E-state index in [9.17, 15) is 4.39 Å². The fourth-order valence-corrected chi connectivity index (χ4v) is 2.83. The molecule has 0 bridgehead atoms. The summed E-state index contributed by atoms with van der Waals surface area (Å²) in [6, 6.07) is 11.9. The first-order valence-electron chi connectivity index (χ1n) is 9.26. The van der Waals surface area contributed by atoms with E-state index in [4.69, 9.17) is 4.74 Å². The van der Waals surface area contributed by atoms with Gasteiger partial charge in [-0.15, -0.1) is 10.2 Å². The maximum Gasteiger partial charge on any atom is 0.193 e. The van der Waals surface area contributed by atoms with E-state index in [-0.39, 0.29) is 5.82 Å². The Morgan fingerprint density at radius 1 is 1.21 bits per heavy atom. The van der Waals surface area contributed by atoms with Crippen molar-refractivity contribution in [2.45, 2.75) is 12.8 Å². The molecule has 0 fully saturated rings. The molecule has 3 aromatic rings. The van der Waals surface area contributed by atoms with E-state index in [0.717, 1.165) is 36.8 Å². The molecule has 1 aromatic carbocycles. The van der Waals surface area contributed by atoms with Crippen LogP contribution in [0.1, 0.15) is 12.2 Å². The van der Waals surface area contributed by atoms with Crippen molar-refractivity contribution >= 4 is 11.6 Å². The predicted octanol–water partition coefficient (Wildman–Crippen LogP) is 2.39. The second-order valence-corrected chi connectivity index (χ2v) is 6.35.